The lowest BCUT2D eigenvalue weighted by Crippen LogP contribution is -2.18. The lowest BCUT2D eigenvalue weighted by molar-refractivity contribution is -0.139. The molecule has 1 aromatic rings. The summed E-state index contributed by atoms with van der Waals surface area (Å²) in [5, 5.41) is 9.23. The summed E-state index contributed by atoms with van der Waals surface area (Å²) in [5.74, 6) is 0.0452. The largest absolute Gasteiger partial charge is 0.481 e. The van der Waals surface area contributed by atoms with Crippen molar-refractivity contribution in [3.8, 4) is 0 Å². The topological polar surface area (TPSA) is 75.2 Å². The molecule has 0 aromatic carbocycles. The number of carbonyl (C=O) groups is 1. The molecule has 1 aromatic heterocycles. The number of carboxylic acids is 1. The third-order valence-electron chi connectivity index (χ3n) is 3.92. The summed E-state index contributed by atoms with van der Waals surface area (Å²) < 4.78 is 5.47. The van der Waals surface area contributed by atoms with Crippen molar-refractivity contribution in [2.24, 2.45) is 0 Å². The molecule has 2 atom stereocenters. The van der Waals surface area contributed by atoms with Crippen LogP contribution in [0.5, 0.6) is 0 Å². The molecule has 1 aliphatic heterocycles. The van der Waals surface area contributed by atoms with E-state index in [1.165, 1.54) is 0 Å². The van der Waals surface area contributed by atoms with Gasteiger partial charge in [-0.1, -0.05) is 0 Å². The van der Waals surface area contributed by atoms with Crippen LogP contribution in [0.1, 0.15) is 54.7 Å². The van der Waals surface area contributed by atoms with E-state index in [1.807, 2.05) is 0 Å². The zero-order valence-electron chi connectivity index (χ0n) is 10.3. The van der Waals surface area contributed by atoms with Gasteiger partial charge in [0, 0.05) is 18.2 Å². The second-order valence-electron chi connectivity index (χ2n) is 5.18. The number of hydrogen-bond acceptors (Lipinski definition) is 3. The molecular weight excluding hydrogens is 232 g/mol. The molecule has 0 spiro atoms. The van der Waals surface area contributed by atoms with Gasteiger partial charge < -0.3 is 14.8 Å². The van der Waals surface area contributed by atoms with Gasteiger partial charge in [0.2, 0.25) is 0 Å². The average Bonchev–Trinajstić information content (AvgIpc) is 2.83. The van der Waals surface area contributed by atoms with Crippen molar-refractivity contribution in [2.75, 3.05) is 13.2 Å². The molecule has 0 amide bonds. The minimum Gasteiger partial charge on any atom is -0.481 e. The molecule has 1 saturated heterocycles. The first-order chi connectivity index (χ1) is 8.75. The minimum absolute atomic E-state index is 0.304. The van der Waals surface area contributed by atoms with Crippen molar-refractivity contribution >= 4 is 5.97 Å². The monoisotopic (exact) mass is 250 g/mol. The van der Waals surface area contributed by atoms with Crippen LogP contribution in [0, 0.1) is 0 Å². The number of ether oxygens (including phenoxy) is 1. The summed E-state index contributed by atoms with van der Waals surface area (Å²) in [6, 6.07) is 0. The van der Waals surface area contributed by atoms with Crippen molar-refractivity contribution in [1.82, 2.24) is 9.97 Å². The Kier molecular flexibility index (Phi) is 3.07. The highest BCUT2D eigenvalue weighted by molar-refractivity contribution is 5.76. The fraction of sp³-hybridized carbons (Fsp3) is 0.692. The summed E-state index contributed by atoms with van der Waals surface area (Å²) in [5.41, 5.74) is 1.78. The van der Waals surface area contributed by atoms with Crippen LogP contribution in [-0.4, -0.2) is 34.3 Å². The lowest BCUT2D eigenvalue weighted by atomic mass is 9.90. The number of carboxylic acid groups (broad SMARTS) is 1. The highest BCUT2D eigenvalue weighted by Gasteiger charge is 2.31. The minimum atomic E-state index is -0.756. The molecule has 2 unspecified atom stereocenters. The quantitative estimate of drug-likeness (QED) is 0.839. The Morgan fingerprint density at radius 1 is 1.39 bits per heavy atom. The van der Waals surface area contributed by atoms with E-state index < -0.39 is 11.9 Å². The molecule has 5 heteroatoms. The van der Waals surface area contributed by atoms with Gasteiger partial charge >= 0.3 is 5.97 Å². The Morgan fingerprint density at radius 3 is 3.00 bits per heavy atom. The lowest BCUT2D eigenvalue weighted by Gasteiger charge is -2.19. The van der Waals surface area contributed by atoms with Crippen LogP contribution in [-0.2, 0) is 16.0 Å². The van der Waals surface area contributed by atoms with Crippen LogP contribution < -0.4 is 0 Å². The Bertz CT molecular complexity index is 449. The summed E-state index contributed by atoms with van der Waals surface area (Å²) in [6.07, 6.45) is 4.67. The molecule has 2 aliphatic rings. The van der Waals surface area contributed by atoms with Gasteiger partial charge in [0.25, 0.3) is 0 Å². The molecule has 3 rings (SSSR count). The van der Waals surface area contributed by atoms with Crippen LogP contribution in [0.2, 0.25) is 0 Å². The van der Waals surface area contributed by atoms with Gasteiger partial charge in [-0.05, 0) is 32.1 Å². The van der Waals surface area contributed by atoms with Crippen molar-refractivity contribution in [2.45, 2.75) is 43.9 Å². The van der Waals surface area contributed by atoms with Crippen LogP contribution in [0.4, 0.5) is 0 Å². The predicted molar refractivity (Wildman–Crippen MR) is 64.7 cm³/mol. The van der Waals surface area contributed by atoms with Crippen LogP contribution in [0.3, 0.4) is 0 Å². The van der Waals surface area contributed by atoms with Crippen molar-refractivity contribution in [3.63, 3.8) is 0 Å². The van der Waals surface area contributed by atoms with Crippen LogP contribution in [0.15, 0.2) is 0 Å². The maximum Gasteiger partial charge on any atom is 0.312 e. The molecular formula is C13H18N2O3. The van der Waals surface area contributed by atoms with Crippen molar-refractivity contribution < 1.29 is 14.6 Å². The fourth-order valence-electron chi connectivity index (χ4n) is 2.93. The predicted octanol–water partition coefficient (Wildman–Crippen LogP) is 1.81. The molecule has 1 aliphatic carbocycles. The molecule has 98 valence electrons. The zero-order valence-corrected chi connectivity index (χ0v) is 10.3. The van der Waals surface area contributed by atoms with Gasteiger partial charge in [0.1, 0.15) is 11.7 Å². The van der Waals surface area contributed by atoms with E-state index in [4.69, 9.17) is 4.74 Å². The third-order valence-corrected chi connectivity index (χ3v) is 3.92. The van der Waals surface area contributed by atoms with E-state index in [0.29, 0.717) is 18.9 Å². The van der Waals surface area contributed by atoms with Crippen molar-refractivity contribution in [3.05, 3.63) is 17.2 Å². The number of aryl methyl sites for hydroxylation is 1. The standard InChI is InChI=1S/C13H18N2O3/c16-13(17)9-4-1-5-10-11(9)15-12(14-10)8-3-2-6-18-7-8/h8-9H,1-7H2,(H,14,15)(H,16,17). The normalized spacial score (nSPS) is 27.8. The number of nitrogens with zero attached hydrogens (tertiary/aromatic N) is 1. The van der Waals surface area contributed by atoms with Crippen LogP contribution >= 0.6 is 0 Å². The maximum atomic E-state index is 11.2. The number of aliphatic carboxylic acids is 1. The summed E-state index contributed by atoms with van der Waals surface area (Å²) >= 11 is 0. The Labute approximate surface area is 106 Å². The van der Waals surface area contributed by atoms with Crippen LogP contribution in [0.25, 0.3) is 0 Å². The molecule has 2 heterocycles. The third kappa shape index (κ3) is 2.03. The first-order valence-electron chi connectivity index (χ1n) is 6.65. The number of hydrogen-bond donors (Lipinski definition) is 2. The van der Waals surface area contributed by atoms with E-state index >= 15 is 0 Å². The molecule has 0 bridgehead atoms. The van der Waals surface area contributed by atoms with E-state index in [1.54, 1.807) is 0 Å². The van der Waals surface area contributed by atoms with E-state index in [2.05, 4.69) is 9.97 Å². The van der Waals surface area contributed by atoms with Gasteiger partial charge in [0.05, 0.1) is 12.3 Å². The van der Waals surface area contributed by atoms with Gasteiger partial charge in [-0.3, -0.25) is 4.79 Å². The maximum absolute atomic E-state index is 11.2. The Balaban J connectivity index is 1.88. The average molecular weight is 250 g/mol. The number of rotatable bonds is 2. The van der Waals surface area contributed by atoms with E-state index in [9.17, 15) is 9.90 Å². The summed E-state index contributed by atoms with van der Waals surface area (Å²) in [7, 11) is 0. The molecule has 18 heavy (non-hydrogen) atoms. The Hall–Kier alpha value is -1.36. The zero-order chi connectivity index (χ0) is 12.5. The second kappa shape index (κ2) is 4.72. The number of aromatic amines is 1. The van der Waals surface area contributed by atoms with Gasteiger partial charge in [0.15, 0.2) is 0 Å². The molecule has 1 fully saturated rings. The molecule has 5 nitrogen and oxygen atoms in total. The first kappa shape index (κ1) is 11.7. The Morgan fingerprint density at radius 2 is 2.28 bits per heavy atom. The second-order valence-corrected chi connectivity index (χ2v) is 5.18. The molecule has 2 N–H and O–H groups in total. The number of aromatic nitrogens is 2. The smallest absolute Gasteiger partial charge is 0.312 e. The van der Waals surface area contributed by atoms with E-state index in [-0.39, 0.29) is 0 Å². The number of imidazole rings is 1. The van der Waals surface area contributed by atoms with E-state index in [0.717, 1.165) is 49.5 Å². The van der Waals surface area contributed by atoms with Crippen molar-refractivity contribution in [1.29, 1.82) is 0 Å². The van der Waals surface area contributed by atoms with Gasteiger partial charge in [-0.15, -0.1) is 0 Å². The number of nitrogens with one attached hydrogen (secondary N) is 1. The number of H-pyrrole nitrogens is 1. The molecule has 0 radical (unpaired) electrons. The summed E-state index contributed by atoms with van der Waals surface area (Å²) in [6.45, 7) is 1.53. The van der Waals surface area contributed by atoms with Gasteiger partial charge in [-0.2, -0.15) is 0 Å². The summed E-state index contributed by atoms with van der Waals surface area (Å²) in [4.78, 5) is 19.1. The first-order valence-corrected chi connectivity index (χ1v) is 6.65. The highest BCUT2D eigenvalue weighted by atomic mass is 16.5. The number of fused-ring (bicyclic) bond motifs is 1. The highest BCUT2D eigenvalue weighted by Crippen LogP contribution is 2.33. The molecule has 0 saturated carbocycles. The fourth-order valence-corrected chi connectivity index (χ4v) is 2.93. The van der Waals surface area contributed by atoms with Gasteiger partial charge in [-0.25, -0.2) is 4.98 Å². The SMILES string of the molecule is O=C(O)C1CCCc2[nH]c(C3CCCOC3)nc21.